The van der Waals surface area contributed by atoms with E-state index in [0.29, 0.717) is 16.2 Å². The van der Waals surface area contributed by atoms with E-state index in [1.54, 1.807) is 17.0 Å². The average Bonchev–Trinajstić information content (AvgIpc) is 2.73. The van der Waals surface area contributed by atoms with Crippen molar-refractivity contribution < 1.29 is 14.8 Å². The van der Waals surface area contributed by atoms with Gasteiger partial charge in [-0.05, 0) is 74.2 Å². The minimum Gasteiger partial charge on any atom is -0.502 e. The lowest BCUT2D eigenvalue weighted by molar-refractivity contribution is -0.576. The molecule has 0 saturated heterocycles. The normalized spacial score (nSPS) is 11.8. The summed E-state index contributed by atoms with van der Waals surface area (Å²) in [5.74, 6) is 0.0690. The lowest BCUT2D eigenvalue weighted by Gasteiger charge is -2.12. The molecule has 0 unspecified atom stereocenters. The number of hydrogen-bond acceptors (Lipinski definition) is 3. The van der Waals surface area contributed by atoms with Crippen molar-refractivity contribution in [2.75, 3.05) is 5.32 Å². The Morgan fingerprint density at radius 3 is 2.23 bits per heavy atom. The van der Waals surface area contributed by atoms with Crippen molar-refractivity contribution in [2.45, 2.75) is 34.3 Å². The van der Waals surface area contributed by atoms with Crippen molar-refractivity contribution in [3.63, 3.8) is 0 Å². The molecule has 0 aliphatic rings. The van der Waals surface area contributed by atoms with Gasteiger partial charge in [0.25, 0.3) is 5.70 Å². The van der Waals surface area contributed by atoms with E-state index in [1.165, 1.54) is 5.56 Å². The number of aliphatic hydroxyl groups is 2. The molecule has 0 aliphatic heterocycles. The van der Waals surface area contributed by atoms with Gasteiger partial charge in [0.2, 0.25) is 0 Å². The van der Waals surface area contributed by atoms with Gasteiger partial charge < -0.3 is 15.5 Å². The molecule has 1 heterocycles. The van der Waals surface area contributed by atoms with Crippen LogP contribution in [0.3, 0.4) is 0 Å². The Labute approximate surface area is 183 Å². The van der Waals surface area contributed by atoms with Gasteiger partial charge in [0.05, 0.1) is 6.61 Å². The molecule has 4 nitrogen and oxygen atoms in total. The summed E-state index contributed by atoms with van der Waals surface area (Å²) in [5.41, 5.74) is 7.29. The lowest BCUT2D eigenvalue weighted by atomic mass is 10.0. The van der Waals surface area contributed by atoms with Gasteiger partial charge in [0, 0.05) is 22.9 Å². The number of rotatable bonds is 5. The van der Waals surface area contributed by atoms with Crippen LogP contribution in [-0.2, 0) is 6.61 Å². The second-order valence-corrected chi connectivity index (χ2v) is 7.94. The van der Waals surface area contributed by atoms with E-state index in [9.17, 15) is 10.2 Å². The third-order valence-corrected chi connectivity index (χ3v) is 5.58. The second kappa shape index (κ2) is 9.20. The first-order valence-corrected chi connectivity index (χ1v) is 10.2. The molecule has 2 aromatic carbocycles. The van der Waals surface area contributed by atoms with Gasteiger partial charge in [-0.25, -0.2) is 0 Å². The summed E-state index contributed by atoms with van der Waals surface area (Å²) < 4.78 is 1.74. The number of nitrogens with zero attached hydrogens (tertiary/aromatic N) is 1. The van der Waals surface area contributed by atoms with Crippen molar-refractivity contribution in [3.05, 3.63) is 94.3 Å². The number of pyridine rings is 1. The Hall–Kier alpha value is -3.02. The minimum atomic E-state index is -0.101. The molecule has 3 aromatic rings. The molecule has 0 atom stereocenters. The first-order valence-electron chi connectivity index (χ1n) is 9.81. The van der Waals surface area contributed by atoms with E-state index in [-0.39, 0.29) is 12.4 Å². The maximum atomic E-state index is 11.2. The molecule has 0 fully saturated rings. The minimum absolute atomic E-state index is 0.0690. The number of thiocarbonyl (C=S) groups is 1. The van der Waals surface area contributed by atoms with Gasteiger partial charge in [-0.2, -0.15) is 4.57 Å². The number of aliphatic hydroxyl groups excluding tert-OH is 2. The van der Waals surface area contributed by atoms with Crippen LogP contribution in [0.5, 0.6) is 0 Å². The maximum Gasteiger partial charge on any atom is 0.288 e. The molecular formula is C25H27N2O2S+. The van der Waals surface area contributed by atoms with Crippen molar-refractivity contribution in [3.8, 4) is 0 Å². The highest BCUT2D eigenvalue weighted by Crippen LogP contribution is 2.22. The quantitative estimate of drug-likeness (QED) is 0.235. The monoisotopic (exact) mass is 419 g/mol. The molecule has 3 rings (SSSR count). The van der Waals surface area contributed by atoms with Crippen LogP contribution in [0, 0.1) is 27.7 Å². The SMILES string of the molecule is Cc1ccc(NC(=S)/C(=C(/O)c2ccc(C)c(C)c2)[n+]2cccc(CO)c2)cc1C. The third kappa shape index (κ3) is 4.75. The van der Waals surface area contributed by atoms with Crippen LogP contribution < -0.4 is 9.88 Å². The van der Waals surface area contributed by atoms with E-state index in [1.807, 2.05) is 69.3 Å². The van der Waals surface area contributed by atoms with E-state index in [4.69, 9.17) is 12.2 Å². The first kappa shape index (κ1) is 21.7. The Morgan fingerprint density at radius 2 is 1.60 bits per heavy atom. The zero-order chi connectivity index (χ0) is 21.8. The highest BCUT2D eigenvalue weighted by atomic mass is 32.1. The molecule has 154 valence electrons. The fourth-order valence-electron chi connectivity index (χ4n) is 3.14. The molecular weight excluding hydrogens is 392 g/mol. The molecule has 30 heavy (non-hydrogen) atoms. The Morgan fingerprint density at radius 1 is 0.933 bits per heavy atom. The average molecular weight is 420 g/mol. The highest BCUT2D eigenvalue weighted by Gasteiger charge is 2.24. The van der Waals surface area contributed by atoms with Crippen LogP contribution >= 0.6 is 12.2 Å². The predicted molar refractivity (Wildman–Crippen MR) is 126 cm³/mol. The topological polar surface area (TPSA) is 56.4 Å². The van der Waals surface area contributed by atoms with Crippen LogP contribution in [0.4, 0.5) is 5.69 Å². The Bertz CT molecular complexity index is 1140. The van der Waals surface area contributed by atoms with Crippen LogP contribution in [0.1, 0.15) is 33.4 Å². The van der Waals surface area contributed by atoms with Gasteiger partial charge in [-0.1, -0.05) is 30.4 Å². The van der Waals surface area contributed by atoms with Gasteiger partial charge in [0.15, 0.2) is 23.1 Å². The number of anilines is 1. The van der Waals surface area contributed by atoms with E-state index < -0.39 is 0 Å². The number of benzene rings is 2. The summed E-state index contributed by atoms with van der Waals surface area (Å²) >= 11 is 5.72. The molecule has 0 radical (unpaired) electrons. The Kier molecular flexibility index (Phi) is 6.65. The first-order chi connectivity index (χ1) is 14.3. The summed E-state index contributed by atoms with van der Waals surface area (Å²) in [4.78, 5) is 0.383. The number of aromatic nitrogens is 1. The number of aryl methyl sites for hydroxylation is 4. The number of hydrogen-bond donors (Lipinski definition) is 3. The summed E-state index contributed by atoms with van der Waals surface area (Å²) in [6, 6.07) is 15.5. The van der Waals surface area contributed by atoms with Crippen LogP contribution in [-0.4, -0.2) is 15.2 Å². The van der Waals surface area contributed by atoms with Gasteiger partial charge in [-0.3, -0.25) is 0 Å². The molecule has 3 N–H and O–H groups in total. The van der Waals surface area contributed by atoms with Crippen LogP contribution in [0.15, 0.2) is 60.9 Å². The summed E-state index contributed by atoms with van der Waals surface area (Å²) in [6.45, 7) is 8.05. The maximum absolute atomic E-state index is 11.2. The van der Waals surface area contributed by atoms with E-state index in [0.717, 1.165) is 27.9 Å². The van der Waals surface area contributed by atoms with Gasteiger partial charge in [-0.15, -0.1) is 0 Å². The summed E-state index contributed by atoms with van der Waals surface area (Å²) in [6.07, 6.45) is 3.57. The summed E-state index contributed by atoms with van der Waals surface area (Å²) in [7, 11) is 0. The molecule has 0 amide bonds. The summed E-state index contributed by atoms with van der Waals surface area (Å²) in [5, 5.41) is 24.0. The van der Waals surface area contributed by atoms with Crippen molar-refractivity contribution in [1.82, 2.24) is 0 Å². The van der Waals surface area contributed by atoms with E-state index in [2.05, 4.69) is 12.2 Å². The Balaban J connectivity index is 2.11. The lowest BCUT2D eigenvalue weighted by Crippen LogP contribution is -2.39. The van der Waals surface area contributed by atoms with Crippen molar-refractivity contribution in [2.24, 2.45) is 0 Å². The molecule has 5 heteroatoms. The fraction of sp³-hybridized carbons (Fsp3) is 0.200. The molecule has 0 saturated carbocycles. The third-order valence-electron chi connectivity index (χ3n) is 5.29. The van der Waals surface area contributed by atoms with Crippen LogP contribution in [0.2, 0.25) is 0 Å². The van der Waals surface area contributed by atoms with E-state index >= 15 is 0 Å². The molecule has 1 aromatic heterocycles. The van der Waals surface area contributed by atoms with Gasteiger partial charge in [0.1, 0.15) is 0 Å². The van der Waals surface area contributed by atoms with Crippen molar-refractivity contribution in [1.29, 1.82) is 0 Å². The molecule has 0 bridgehead atoms. The second-order valence-electron chi connectivity index (χ2n) is 7.53. The highest BCUT2D eigenvalue weighted by molar-refractivity contribution is 7.81. The van der Waals surface area contributed by atoms with Crippen molar-refractivity contribution >= 4 is 34.3 Å². The predicted octanol–water partition coefficient (Wildman–Crippen LogP) is 5.02. The smallest absolute Gasteiger partial charge is 0.288 e. The van der Waals surface area contributed by atoms with Gasteiger partial charge >= 0.3 is 0 Å². The zero-order valence-electron chi connectivity index (χ0n) is 17.7. The molecule has 0 spiro atoms. The largest absolute Gasteiger partial charge is 0.502 e. The van der Waals surface area contributed by atoms with Crippen LogP contribution in [0.25, 0.3) is 11.5 Å². The molecule has 0 aliphatic carbocycles. The number of nitrogens with one attached hydrogen (secondary N) is 1. The standard InChI is InChI=1S/C25H26N2O2S/c1-16-7-9-21(12-18(16)3)24(29)23(27-11-5-6-20(14-27)15-28)25(30)26-22-10-8-17(2)19(4)13-22/h5-14,28H,15H2,1-4H3,(H-,26,29,30)/p+1. The fourth-order valence-corrected chi connectivity index (χ4v) is 3.46. The zero-order valence-corrected chi connectivity index (χ0v) is 18.5.